The second-order valence-corrected chi connectivity index (χ2v) is 6.06. The number of carbonyl (C=O) groups is 2. The molecule has 1 rings (SSSR count). The third-order valence-electron chi connectivity index (χ3n) is 2.54. The van der Waals surface area contributed by atoms with Gasteiger partial charge in [0.15, 0.2) is 0 Å². The van der Waals surface area contributed by atoms with Gasteiger partial charge in [0, 0.05) is 0 Å². The number of thiophene rings is 1. The molecule has 0 aromatic carbocycles. The summed E-state index contributed by atoms with van der Waals surface area (Å²) >= 11 is 1.06. The molecule has 1 aromatic heterocycles. The van der Waals surface area contributed by atoms with E-state index in [1.807, 2.05) is 20.8 Å². The number of nitrogens with two attached hydrogens (primary N) is 1. The highest BCUT2D eigenvalue weighted by molar-refractivity contribution is 7.18. The van der Waals surface area contributed by atoms with E-state index in [9.17, 15) is 9.59 Å². The molecule has 1 heterocycles. The number of esters is 2. The molecule has 0 aliphatic rings. The number of hydrogen-bond acceptors (Lipinski definition) is 6. The van der Waals surface area contributed by atoms with Gasteiger partial charge in [-0.1, -0.05) is 20.8 Å². The lowest BCUT2D eigenvalue weighted by Gasteiger charge is -2.20. The van der Waals surface area contributed by atoms with Crippen LogP contribution in [0.25, 0.3) is 0 Å². The highest BCUT2D eigenvalue weighted by Gasteiger charge is 2.33. The van der Waals surface area contributed by atoms with Gasteiger partial charge in [-0.25, -0.2) is 9.59 Å². The first-order chi connectivity index (χ1) is 8.73. The summed E-state index contributed by atoms with van der Waals surface area (Å²) in [5, 5.41) is 0.278. The molecule has 0 aliphatic heterocycles. The zero-order valence-corrected chi connectivity index (χ0v) is 12.6. The Kier molecular flexibility index (Phi) is 4.57. The fourth-order valence-corrected chi connectivity index (χ4v) is 2.97. The van der Waals surface area contributed by atoms with Crippen LogP contribution in [0.4, 0.5) is 5.00 Å². The number of anilines is 1. The maximum atomic E-state index is 12.0. The molecule has 2 N–H and O–H groups in total. The standard InChI is InChI=1S/C13H19NO4S/c1-6-18-12(16)9-8(13(2,3)4)7(10(14)19-9)11(15)17-5/h6,14H2,1-5H3. The Morgan fingerprint density at radius 2 is 1.84 bits per heavy atom. The van der Waals surface area contributed by atoms with Gasteiger partial charge in [0.25, 0.3) is 0 Å². The molecule has 0 bridgehead atoms. The summed E-state index contributed by atoms with van der Waals surface area (Å²) in [5.41, 5.74) is 6.29. The van der Waals surface area contributed by atoms with Crippen LogP contribution < -0.4 is 5.73 Å². The molecule has 5 nitrogen and oxygen atoms in total. The Hall–Kier alpha value is -1.56. The molecule has 0 atom stereocenters. The Labute approximate surface area is 116 Å². The summed E-state index contributed by atoms with van der Waals surface area (Å²) in [5.74, 6) is -0.992. The highest BCUT2D eigenvalue weighted by Crippen LogP contribution is 2.39. The van der Waals surface area contributed by atoms with E-state index < -0.39 is 17.4 Å². The van der Waals surface area contributed by atoms with E-state index in [2.05, 4.69) is 0 Å². The lowest BCUT2D eigenvalue weighted by atomic mass is 9.84. The zero-order chi connectivity index (χ0) is 14.8. The SMILES string of the molecule is CCOC(=O)c1sc(N)c(C(=O)OC)c1C(C)(C)C. The summed E-state index contributed by atoms with van der Waals surface area (Å²) in [4.78, 5) is 24.2. The smallest absolute Gasteiger partial charge is 0.348 e. The largest absolute Gasteiger partial charge is 0.465 e. The third-order valence-corrected chi connectivity index (χ3v) is 3.53. The molecule has 0 radical (unpaired) electrons. The third kappa shape index (κ3) is 3.07. The summed E-state index contributed by atoms with van der Waals surface area (Å²) < 4.78 is 9.75. The lowest BCUT2D eigenvalue weighted by molar-refractivity contribution is 0.0529. The van der Waals surface area contributed by atoms with Gasteiger partial charge < -0.3 is 15.2 Å². The van der Waals surface area contributed by atoms with Crippen molar-refractivity contribution in [3.63, 3.8) is 0 Å². The van der Waals surface area contributed by atoms with Gasteiger partial charge in [-0.05, 0) is 17.9 Å². The fourth-order valence-electron chi connectivity index (χ4n) is 1.81. The van der Waals surface area contributed by atoms with Crippen LogP contribution in [0.1, 0.15) is 53.3 Å². The molecule has 106 valence electrons. The molecule has 1 aromatic rings. The van der Waals surface area contributed by atoms with Crippen molar-refractivity contribution in [2.24, 2.45) is 0 Å². The highest BCUT2D eigenvalue weighted by atomic mass is 32.1. The summed E-state index contributed by atoms with van der Waals surface area (Å²) in [6, 6.07) is 0. The quantitative estimate of drug-likeness (QED) is 0.864. The second-order valence-electron chi connectivity index (χ2n) is 5.01. The normalized spacial score (nSPS) is 11.2. The predicted octanol–water partition coefficient (Wildman–Crippen LogP) is 2.59. The molecule has 0 aliphatic carbocycles. The summed E-state index contributed by atoms with van der Waals surface area (Å²) in [6.07, 6.45) is 0. The van der Waals surface area contributed by atoms with Gasteiger partial charge in [0.2, 0.25) is 0 Å². The lowest BCUT2D eigenvalue weighted by Crippen LogP contribution is -2.20. The van der Waals surface area contributed by atoms with Crippen molar-refractivity contribution in [1.29, 1.82) is 0 Å². The van der Waals surface area contributed by atoms with Gasteiger partial charge in [-0.15, -0.1) is 11.3 Å². The first kappa shape index (κ1) is 15.5. The van der Waals surface area contributed by atoms with Crippen molar-refractivity contribution in [2.45, 2.75) is 33.1 Å². The Morgan fingerprint density at radius 3 is 2.26 bits per heavy atom. The minimum absolute atomic E-state index is 0.267. The Balaban J connectivity index is 3.50. The topological polar surface area (TPSA) is 78.6 Å². The molecule has 0 spiro atoms. The molecule has 19 heavy (non-hydrogen) atoms. The molecular weight excluding hydrogens is 266 g/mol. The molecule has 0 saturated carbocycles. The first-order valence-corrected chi connectivity index (χ1v) is 6.73. The van der Waals surface area contributed by atoms with E-state index in [1.165, 1.54) is 7.11 Å². The van der Waals surface area contributed by atoms with E-state index in [0.717, 1.165) is 11.3 Å². The van der Waals surface area contributed by atoms with E-state index in [0.29, 0.717) is 10.4 Å². The predicted molar refractivity (Wildman–Crippen MR) is 74.7 cm³/mol. The average Bonchev–Trinajstić information content (AvgIpc) is 2.66. The number of nitrogen functional groups attached to an aromatic ring is 1. The molecule has 0 unspecified atom stereocenters. The Morgan fingerprint density at radius 1 is 1.26 bits per heavy atom. The van der Waals surface area contributed by atoms with Crippen LogP contribution in [0.15, 0.2) is 0 Å². The maximum absolute atomic E-state index is 12.0. The molecule has 0 amide bonds. The minimum atomic E-state index is -0.533. The van der Waals surface area contributed by atoms with Crippen molar-refractivity contribution in [3.05, 3.63) is 16.0 Å². The van der Waals surface area contributed by atoms with Crippen molar-refractivity contribution in [1.82, 2.24) is 0 Å². The first-order valence-electron chi connectivity index (χ1n) is 5.92. The van der Waals surface area contributed by atoms with Gasteiger partial charge in [0.1, 0.15) is 9.88 Å². The van der Waals surface area contributed by atoms with Crippen LogP contribution in [-0.2, 0) is 14.9 Å². The zero-order valence-electron chi connectivity index (χ0n) is 11.8. The fraction of sp³-hybridized carbons (Fsp3) is 0.538. The van der Waals surface area contributed by atoms with Crippen molar-refractivity contribution in [2.75, 3.05) is 19.5 Å². The number of hydrogen-bond donors (Lipinski definition) is 1. The summed E-state index contributed by atoms with van der Waals surface area (Å²) in [6.45, 7) is 7.72. The number of methoxy groups -OCH3 is 1. The van der Waals surface area contributed by atoms with Crippen molar-refractivity contribution in [3.8, 4) is 0 Å². The van der Waals surface area contributed by atoms with E-state index in [4.69, 9.17) is 15.2 Å². The maximum Gasteiger partial charge on any atom is 0.348 e. The van der Waals surface area contributed by atoms with Gasteiger partial charge >= 0.3 is 11.9 Å². The molecule has 6 heteroatoms. The van der Waals surface area contributed by atoms with Crippen LogP contribution in [0.5, 0.6) is 0 Å². The van der Waals surface area contributed by atoms with Crippen molar-refractivity contribution < 1.29 is 19.1 Å². The van der Waals surface area contributed by atoms with Gasteiger partial charge in [-0.3, -0.25) is 0 Å². The summed E-state index contributed by atoms with van der Waals surface area (Å²) in [7, 11) is 1.29. The average molecular weight is 285 g/mol. The monoisotopic (exact) mass is 285 g/mol. The van der Waals surface area contributed by atoms with Crippen LogP contribution in [0, 0.1) is 0 Å². The van der Waals surface area contributed by atoms with Gasteiger partial charge in [0.05, 0.1) is 19.3 Å². The van der Waals surface area contributed by atoms with Crippen LogP contribution >= 0.6 is 11.3 Å². The molecule has 0 saturated heterocycles. The van der Waals surface area contributed by atoms with E-state index >= 15 is 0 Å². The van der Waals surface area contributed by atoms with E-state index in [1.54, 1.807) is 6.92 Å². The number of ether oxygens (including phenoxy) is 2. The van der Waals surface area contributed by atoms with Crippen LogP contribution in [0.2, 0.25) is 0 Å². The Bertz CT molecular complexity index is 499. The van der Waals surface area contributed by atoms with Crippen LogP contribution in [-0.4, -0.2) is 25.7 Å². The van der Waals surface area contributed by atoms with Gasteiger partial charge in [-0.2, -0.15) is 0 Å². The minimum Gasteiger partial charge on any atom is -0.465 e. The van der Waals surface area contributed by atoms with Crippen LogP contribution in [0.3, 0.4) is 0 Å². The van der Waals surface area contributed by atoms with Crippen molar-refractivity contribution >= 4 is 28.3 Å². The van der Waals surface area contributed by atoms with E-state index in [-0.39, 0.29) is 17.2 Å². The number of rotatable bonds is 3. The second kappa shape index (κ2) is 5.61. The molecule has 0 fully saturated rings. The molecular formula is C13H19NO4S. The number of carbonyl (C=O) groups excluding carboxylic acids is 2.